The lowest BCUT2D eigenvalue weighted by molar-refractivity contribution is -0.141. The fourth-order valence-electron chi connectivity index (χ4n) is 1.91. The monoisotopic (exact) mass is 303 g/mol. The predicted molar refractivity (Wildman–Crippen MR) is 68.1 cm³/mol. The standard InChI is InChI=1S/C12H12F3N3O3/c1-17-9-7(3-4-8(16-9)12(13,14)15)10(19)18(11(17)20)5-6-21-2/h3-4H,5-6H2,1-2H3. The maximum atomic E-state index is 12.6. The Bertz CT molecular complexity index is 792. The molecule has 2 aromatic rings. The Kier molecular flexibility index (Phi) is 3.86. The highest BCUT2D eigenvalue weighted by atomic mass is 19.4. The Morgan fingerprint density at radius 2 is 1.95 bits per heavy atom. The first-order chi connectivity index (χ1) is 9.77. The van der Waals surface area contributed by atoms with Crippen molar-refractivity contribution < 1.29 is 17.9 Å². The van der Waals surface area contributed by atoms with Crippen molar-refractivity contribution in [3.63, 3.8) is 0 Å². The first kappa shape index (κ1) is 15.2. The van der Waals surface area contributed by atoms with E-state index in [0.717, 1.165) is 21.3 Å². The van der Waals surface area contributed by atoms with Gasteiger partial charge in [0.15, 0.2) is 0 Å². The summed E-state index contributed by atoms with van der Waals surface area (Å²) in [5.74, 6) is 0. The van der Waals surface area contributed by atoms with Gasteiger partial charge in [-0.3, -0.25) is 13.9 Å². The Balaban J connectivity index is 2.76. The molecule has 21 heavy (non-hydrogen) atoms. The molecule has 0 fully saturated rings. The highest BCUT2D eigenvalue weighted by Gasteiger charge is 2.33. The van der Waals surface area contributed by atoms with E-state index in [1.54, 1.807) is 0 Å². The molecule has 9 heteroatoms. The van der Waals surface area contributed by atoms with Crippen LogP contribution in [0.3, 0.4) is 0 Å². The smallest absolute Gasteiger partial charge is 0.383 e. The van der Waals surface area contributed by atoms with Crippen LogP contribution >= 0.6 is 0 Å². The molecule has 0 saturated carbocycles. The summed E-state index contributed by atoms with van der Waals surface area (Å²) in [6, 6.07) is 1.74. The van der Waals surface area contributed by atoms with Gasteiger partial charge in [-0.1, -0.05) is 0 Å². The molecular formula is C12H12F3N3O3. The third-order valence-electron chi connectivity index (χ3n) is 3.00. The molecule has 0 aromatic carbocycles. The van der Waals surface area contributed by atoms with Crippen molar-refractivity contribution in [2.45, 2.75) is 12.7 Å². The average Bonchev–Trinajstić information content (AvgIpc) is 2.43. The normalized spacial score (nSPS) is 12.0. The zero-order valence-corrected chi connectivity index (χ0v) is 11.3. The highest BCUT2D eigenvalue weighted by Crippen LogP contribution is 2.28. The number of rotatable bonds is 3. The molecule has 114 valence electrons. The van der Waals surface area contributed by atoms with Crippen LogP contribution in [-0.4, -0.2) is 27.8 Å². The predicted octanol–water partition coefficient (Wildman–Crippen LogP) is 0.760. The third-order valence-corrected chi connectivity index (χ3v) is 3.00. The van der Waals surface area contributed by atoms with Gasteiger partial charge >= 0.3 is 11.9 Å². The zero-order chi connectivity index (χ0) is 15.8. The van der Waals surface area contributed by atoms with Crippen LogP contribution in [-0.2, 0) is 24.5 Å². The zero-order valence-electron chi connectivity index (χ0n) is 11.3. The van der Waals surface area contributed by atoms with Crippen LogP contribution < -0.4 is 11.2 Å². The van der Waals surface area contributed by atoms with Gasteiger partial charge in [0.1, 0.15) is 11.3 Å². The van der Waals surface area contributed by atoms with Crippen LogP contribution in [0, 0.1) is 0 Å². The Morgan fingerprint density at radius 3 is 2.52 bits per heavy atom. The summed E-state index contributed by atoms with van der Waals surface area (Å²) in [6.07, 6.45) is -4.64. The first-order valence-electron chi connectivity index (χ1n) is 5.94. The number of alkyl halides is 3. The van der Waals surface area contributed by atoms with Crippen molar-refractivity contribution in [1.29, 1.82) is 0 Å². The lowest BCUT2D eigenvalue weighted by Crippen LogP contribution is -2.40. The van der Waals surface area contributed by atoms with Gasteiger partial charge in [-0.15, -0.1) is 0 Å². The Morgan fingerprint density at radius 1 is 1.29 bits per heavy atom. The van der Waals surface area contributed by atoms with Crippen molar-refractivity contribution in [2.24, 2.45) is 7.05 Å². The summed E-state index contributed by atoms with van der Waals surface area (Å²) < 4.78 is 44.6. The second-order valence-corrected chi connectivity index (χ2v) is 4.36. The maximum absolute atomic E-state index is 12.6. The van der Waals surface area contributed by atoms with Crippen LogP contribution in [0.15, 0.2) is 21.7 Å². The molecule has 0 aliphatic rings. The molecule has 2 heterocycles. The number of halogens is 3. The Hall–Kier alpha value is -2.16. The number of fused-ring (bicyclic) bond motifs is 1. The topological polar surface area (TPSA) is 66.1 Å². The van der Waals surface area contributed by atoms with Crippen molar-refractivity contribution in [3.05, 3.63) is 38.7 Å². The minimum Gasteiger partial charge on any atom is -0.383 e. The van der Waals surface area contributed by atoms with Gasteiger partial charge in [-0.25, -0.2) is 9.78 Å². The summed E-state index contributed by atoms with van der Waals surface area (Å²) in [4.78, 5) is 27.5. The van der Waals surface area contributed by atoms with Gasteiger partial charge in [0.25, 0.3) is 5.56 Å². The van der Waals surface area contributed by atoms with E-state index in [4.69, 9.17) is 4.74 Å². The van der Waals surface area contributed by atoms with Gasteiger partial charge in [0.2, 0.25) is 0 Å². The highest BCUT2D eigenvalue weighted by molar-refractivity contribution is 5.74. The van der Waals surface area contributed by atoms with E-state index in [2.05, 4.69) is 4.98 Å². The number of ether oxygens (including phenoxy) is 1. The minimum atomic E-state index is -4.64. The molecule has 0 radical (unpaired) electrons. The molecule has 0 spiro atoms. The number of hydrogen-bond acceptors (Lipinski definition) is 4. The molecule has 6 nitrogen and oxygen atoms in total. The van der Waals surface area contributed by atoms with Crippen LogP contribution in [0.25, 0.3) is 11.0 Å². The van der Waals surface area contributed by atoms with E-state index >= 15 is 0 Å². The van der Waals surface area contributed by atoms with E-state index in [9.17, 15) is 22.8 Å². The van der Waals surface area contributed by atoms with E-state index in [1.165, 1.54) is 14.2 Å². The average molecular weight is 303 g/mol. The summed E-state index contributed by atoms with van der Waals surface area (Å²) in [7, 11) is 2.67. The Labute approximate surface area is 116 Å². The molecule has 2 aromatic heterocycles. The fraction of sp³-hybridized carbons (Fsp3) is 0.417. The van der Waals surface area contributed by atoms with Crippen LogP contribution in [0.4, 0.5) is 13.2 Å². The summed E-state index contributed by atoms with van der Waals surface area (Å²) >= 11 is 0. The maximum Gasteiger partial charge on any atom is 0.433 e. The lowest BCUT2D eigenvalue weighted by Gasteiger charge is -2.11. The number of nitrogens with zero attached hydrogens (tertiary/aromatic N) is 3. The molecule has 0 aliphatic heterocycles. The summed E-state index contributed by atoms with van der Waals surface area (Å²) in [6.45, 7) is 0.147. The molecule has 0 unspecified atom stereocenters. The molecule has 0 bridgehead atoms. The molecule has 0 amide bonds. The number of pyridine rings is 1. The number of aromatic nitrogens is 3. The fourth-order valence-corrected chi connectivity index (χ4v) is 1.91. The van der Waals surface area contributed by atoms with Crippen molar-refractivity contribution in [3.8, 4) is 0 Å². The van der Waals surface area contributed by atoms with Gasteiger partial charge in [0.05, 0.1) is 18.5 Å². The van der Waals surface area contributed by atoms with Gasteiger partial charge < -0.3 is 4.74 Å². The lowest BCUT2D eigenvalue weighted by atomic mass is 10.2. The van der Waals surface area contributed by atoms with E-state index in [-0.39, 0.29) is 24.2 Å². The van der Waals surface area contributed by atoms with Crippen LogP contribution in [0.2, 0.25) is 0 Å². The van der Waals surface area contributed by atoms with E-state index < -0.39 is 23.1 Å². The largest absolute Gasteiger partial charge is 0.433 e. The summed E-state index contributed by atoms with van der Waals surface area (Å²) in [5, 5.41) is -0.0544. The third kappa shape index (κ3) is 2.68. The summed E-state index contributed by atoms with van der Waals surface area (Å²) in [5.41, 5.74) is -2.88. The SMILES string of the molecule is COCCn1c(=O)c2ccc(C(F)(F)F)nc2n(C)c1=O. The van der Waals surface area contributed by atoms with Crippen molar-refractivity contribution in [2.75, 3.05) is 13.7 Å². The van der Waals surface area contributed by atoms with Gasteiger partial charge in [0, 0.05) is 14.2 Å². The number of methoxy groups -OCH3 is 1. The van der Waals surface area contributed by atoms with Crippen LogP contribution in [0.1, 0.15) is 5.69 Å². The quantitative estimate of drug-likeness (QED) is 0.839. The second kappa shape index (κ2) is 5.32. The first-order valence-corrected chi connectivity index (χ1v) is 5.94. The van der Waals surface area contributed by atoms with E-state index in [1.807, 2.05) is 0 Å². The molecule has 0 saturated heterocycles. The number of hydrogen-bond donors (Lipinski definition) is 0. The molecule has 0 N–H and O–H groups in total. The van der Waals surface area contributed by atoms with Crippen LogP contribution in [0.5, 0.6) is 0 Å². The van der Waals surface area contributed by atoms with Crippen molar-refractivity contribution >= 4 is 11.0 Å². The second-order valence-electron chi connectivity index (χ2n) is 4.36. The molecule has 0 aliphatic carbocycles. The molecule has 0 atom stereocenters. The minimum absolute atomic E-state index is 0.0129. The number of aryl methyl sites for hydroxylation is 1. The molecular weight excluding hydrogens is 291 g/mol. The molecule has 2 rings (SSSR count). The van der Waals surface area contributed by atoms with E-state index in [0.29, 0.717) is 0 Å². The van der Waals surface area contributed by atoms with Gasteiger partial charge in [-0.05, 0) is 12.1 Å². The van der Waals surface area contributed by atoms with Crippen molar-refractivity contribution in [1.82, 2.24) is 14.1 Å². The van der Waals surface area contributed by atoms with Gasteiger partial charge in [-0.2, -0.15) is 13.2 Å².